The van der Waals surface area contributed by atoms with E-state index < -0.39 is 5.97 Å². The number of nitrogens with zero attached hydrogens (tertiary/aromatic N) is 1. The standard InChI is InChI=1S/C13H22N2O3/c1-8-3-6-11(9(8)2)14-13(18)15(7-12(16)17)10-4-5-10/h8-11H,3-7H2,1-2H3,(H,14,18)(H,16,17). The Morgan fingerprint density at radius 2 is 1.89 bits per heavy atom. The van der Waals surface area contributed by atoms with Crippen molar-refractivity contribution >= 4 is 12.0 Å². The normalized spacial score (nSPS) is 31.1. The first kappa shape index (κ1) is 13.2. The van der Waals surface area contributed by atoms with Crippen LogP contribution in [0.3, 0.4) is 0 Å². The third-order valence-electron chi connectivity index (χ3n) is 4.33. The molecular weight excluding hydrogens is 232 g/mol. The number of nitrogens with one attached hydrogen (secondary N) is 1. The summed E-state index contributed by atoms with van der Waals surface area (Å²) in [7, 11) is 0. The number of carbonyl (C=O) groups is 2. The van der Waals surface area contributed by atoms with Gasteiger partial charge in [0, 0.05) is 12.1 Å². The van der Waals surface area contributed by atoms with Crippen LogP contribution in [0.5, 0.6) is 0 Å². The van der Waals surface area contributed by atoms with Crippen molar-refractivity contribution in [1.29, 1.82) is 0 Å². The van der Waals surface area contributed by atoms with Crippen LogP contribution in [0, 0.1) is 11.8 Å². The molecule has 102 valence electrons. The van der Waals surface area contributed by atoms with Crippen molar-refractivity contribution in [2.75, 3.05) is 6.54 Å². The van der Waals surface area contributed by atoms with Crippen LogP contribution in [0.1, 0.15) is 39.5 Å². The van der Waals surface area contributed by atoms with Crippen LogP contribution in [-0.4, -0.2) is 40.6 Å². The molecule has 2 fully saturated rings. The van der Waals surface area contributed by atoms with Crippen LogP contribution in [0.15, 0.2) is 0 Å². The number of hydrogen-bond donors (Lipinski definition) is 2. The Bertz CT molecular complexity index is 341. The summed E-state index contributed by atoms with van der Waals surface area (Å²) in [5.41, 5.74) is 0. The highest BCUT2D eigenvalue weighted by atomic mass is 16.4. The minimum Gasteiger partial charge on any atom is -0.480 e. The molecule has 0 saturated heterocycles. The molecule has 2 N–H and O–H groups in total. The molecule has 0 aliphatic heterocycles. The maximum atomic E-state index is 12.1. The highest BCUT2D eigenvalue weighted by Crippen LogP contribution is 2.32. The third kappa shape index (κ3) is 2.94. The van der Waals surface area contributed by atoms with Gasteiger partial charge in [-0.3, -0.25) is 4.79 Å². The highest BCUT2D eigenvalue weighted by Gasteiger charge is 2.37. The molecule has 0 heterocycles. The molecule has 2 rings (SSSR count). The summed E-state index contributed by atoms with van der Waals surface area (Å²) in [6.45, 7) is 4.17. The first-order valence-electron chi connectivity index (χ1n) is 6.78. The average Bonchev–Trinajstić information content (AvgIpc) is 3.09. The summed E-state index contributed by atoms with van der Waals surface area (Å²) in [6.07, 6.45) is 3.99. The molecule has 0 aromatic rings. The van der Waals surface area contributed by atoms with E-state index >= 15 is 0 Å². The van der Waals surface area contributed by atoms with Crippen LogP contribution in [0.2, 0.25) is 0 Å². The number of carbonyl (C=O) groups excluding carboxylic acids is 1. The van der Waals surface area contributed by atoms with E-state index in [-0.39, 0.29) is 24.7 Å². The van der Waals surface area contributed by atoms with Crippen molar-refractivity contribution in [1.82, 2.24) is 10.2 Å². The number of carboxylic acids is 1. The van der Waals surface area contributed by atoms with Crippen LogP contribution in [0.4, 0.5) is 4.79 Å². The fraction of sp³-hybridized carbons (Fsp3) is 0.846. The molecule has 0 radical (unpaired) electrons. The maximum absolute atomic E-state index is 12.1. The van der Waals surface area contributed by atoms with E-state index in [4.69, 9.17) is 5.11 Å². The van der Waals surface area contributed by atoms with Gasteiger partial charge in [0.25, 0.3) is 0 Å². The molecule has 2 aliphatic rings. The molecule has 2 saturated carbocycles. The van der Waals surface area contributed by atoms with Crippen molar-refractivity contribution in [3.8, 4) is 0 Å². The zero-order chi connectivity index (χ0) is 13.3. The Morgan fingerprint density at radius 1 is 1.22 bits per heavy atom. The lowest BCUT2D eigenvalue weighted by atomic mass is 9.98. The van der Waals surface area contributed by atoms with Crippen molar-refractivity contribution in [3.63, 3.8) is 0 Å². The van der Waals surface area contributed by atoms with E-state index in [2.05, 4.69) is 19.2 Å². The van der Waals surface area contributed by atoms with Crippen molar-refractivity contribution in [3.05, 3.63) is 0 Å². The molecule has 18 heavy (non-hydrogen) atoms. The summed E-state index contributed by atoms with van der Waals surface area (Å²) >= 11 is 0. The first-order valence-corrected chi connectivity index (χ1v) is 6.78. The van der Waals surface area contributed by atoms with Gasteiger partial charge in [-0.1, -0.05) is 13.8 Å². The fourth-order valence-electron chi connectivity index (χ4n) is 2.71. The van der Waals surface area contributed by atoms with Gasteiger partial charge in [-0.15, -0.1) is 0 Å². The number of rotatable bonds is 4. The van der Waals surface area contributed by atoms with E-state index in [0.717, 1.165) is 25.7 Å². The molecule has 0 bridgehead atoms. The van der Waals surface area contributed by atoms with E-state index in [1.807, 2.05) is 0 Å². The predicted octanol–water partition coefficient (Wildman–Crippen LogP) is 1.68. The van der Waals surface area contributed by atoms with Crippen LogP contribution in [0.25, 0.3) is 0 Å². The minimum atomic E-state index is -0.940. The second-order valence-corrected chi connectivity index (χ2v) is 5.72. The predicted molar refractivity (Wildman–Crippen MR) is 67.2 cm³/mol. The van der Waals surface area contributed by atoms with Crippen molar-refractivity contribution < 1.29 is 14.7 Å². The Morgan fingerprint density at radius 3 is 2.33 bits per heavy atom. The lowest BCUT2D eigenvalue weighted by Gasteiger charge is -2.26. The summed E-state index contributed by atoms with van der Waals surface area (Å²) < 4.78 is 0. The number of hydrogen-bond acceptors (Lipinski definition) is 2. The fourth-order valence-corrected chi connectivity index (χ4v) is 2.71. The first-order chi connectivity index (χ1) is 8.49. The third-order valence-corrected chi connectivity index (χ3v) is 4.33. The highest BCUT2D eigenvalue weighted by molar-refractivity contribution is 5.81. The van der Waals surface area contributed by atoms with E-state index in [0.29, 0.717) is 11.8 Å². The van der Waals surface area contributed by atoms with Gasteiger partial charge in [0.05, 0.1) is 0 Å². The van der Waals surface area contributed by atoms with E-state index in [1.165, 1.54) is 4.90 Å². The number of urea groups is 1. The second kappa shape index (κ2) is 5.16. The van der Waals surface area contributed by atoms with E-state index in [9.17, 15) is 9.59 Å². The quantitative estimate of drug-likeness (QED) is 0.802. The molecule has 3 atom stereocenters. The van der Waals surface area contributed by atoms with Crippen molar-refractivity contribution in [2.45, 2.75) is 51.6 Å². The lowest BCUT2D eigenvalue weighted by Crippen LogP contribution is -2.48. The van der Waals surface area contributed by atoms with Crippen LogP contribution in [-0.2, 0) is 4.79 Å². The molecule has 5 heteroatoms. The zero-order valence-electron chi connectivity index (χ0n) is 11.1. The average molecular weight is 254 g/mol. The van der Waals surface area contributed by atoms with Gasteiger partial charge in [0.2, 0.25) is 0 Å². The van der Waals surface area contributed by atoms with Gasteiger partial charge >= 0.3 is 12.0 Å². The molecular formula is C13H22N2O3. The Kier molecular flexibility index (Phi) is 3.78. The maximum Gasteiger partial charge on any atom is 0.323 e. The number of amides is 2. The molecule has 3 unspecified atom stereocenters. The summed E-state index contributed by atoms with van der Waals surface area (Å²) in [5, 5.41) is 11.9. The van der Waals surface area contributed by atoms with Gasteiger partial charge < -0.3 is 15.3 Å². The molecule has 0 aromatic heterocycles. The van der Waals surface area contributed by atoms with Gasteiger partial charge in [0.15, 0.2) is 0 Å². The Labute approximate surface area is 108 Å². The van der Waals surface area contributed by atoms with Crippen LogP contribution >= 0.6 is 0 Å². The molecule has 0 aromatic carbocycles. The SMILES string of the molecule is CC1CCC(NC(=O)N(CC(=O)O)C2CC2)C1C. The Hall–Kier alpha value is -1.26. The molecule has 0 spiro atoms. The number of carboxylic acid groups (broad SMARTS) is 1. The van der Waals surface area contributed by atoms with E-state index in [1.54, 1.807) is 0 Å². The molecule has 2 amide bonds. The van der Waals surface area contributed by atoms with Crippen molar-refractivity contribution in [2.24, 2.45) is 11.8 Å². The van der Waals surface area contributed by atoms with Crippen LogP contribution < -0.4 is 5.32 Å². The minimum absolute atomic E-state index is 0.134. The Balaban J connectivity index is 1.91. The zero-order valence-corrected chi connectivity index (χ0v) is 11.1. The summed E-state index contributed by atoms with van der Waals surface area (Å²) in [6, 6.07) is 0.128. The summed E-state index contributed by atoms with van der Waals surface area (Å²) in [4.78, 5) is 24.4. The topological polar surface area (TPSA) is 69.6 Å². The van der Waals surface area contributed by atoms with Gasteiger partial charge in [-0.05, 0) is 37.5 Å². The largest absolute Gasteiger partial charge is 0.480 e. The summed E-state index contributed by atoms with van der Waals surface area (Å²) in [5.74, 6) is 0.161. The monoisotopic (exact) mass is 254 g/mol. The van der Waals surface area contributed by atoms with Gasteiger partial charge in [-0.2, -0.15) is 0 Å². The lowest BCUT2D eigenvalue weighted by molar-refractivity contribution is -0.137. The van der Waals surface area contributed by atoms with Gasteiger partial charge in [0.1, 0.15) is 6.54 Å². The molecule has 5 nitrogen and oxygen atoms in total. The number of aliphatic carboxylic acids is 1. The van der Waals surface area contributed by atoms with Gasteiger partial charge in [-0.25, -0.2) is 4.79 Å². The second-order valence-electron chi connectivity index (χ2n) is 5.72. The molecule has 2 aliphatic carbocycles. The smallest absolute Gasteiger partial charge is 0.323 e.